The average Bonchev–Trinajstić information content (AvgIpc) is 2.27. The zero-order valence-electron chi connectivity index (χ0n) is 8.33. The average molecular weight is 191 g/mol. The number of rotatable bonds is 2. The van der Waals surface area contributed by atoms with E-state index < -0.39 is 0 Å². The lowest BCUT2D eigenvalue weighted by Crippen LogP contribution is -2.11. The molecule has 1 heterocycles. The van der Waals surface area contributed by atoms with Crippen LogP contribution in [0.25, 0.3) is 6.08 Å². The second-order valence-electron chi connectivity index (χ2n) is 3.09. The Morgan fingerprint density at radius 1 is 1.21 bits per heavy atom. The van der Waals surface area contributed by atoms with E-state index in [4.69, 9.17) is 9.47 Å². The van der Waals surface area contributed by atoms with Gasteiger partial charge >= 0.3 is 0 Å². The molecule has 0 aliphatic carbocycles. The fraction of sp³-hybridized carbons (Fsp3) is 0.273. The van der Waals surface area contributed by atoms with Crippen molar-refractivity contribution in [2.45, 2.75) is 6.54 Å². The van der Waals surface area contributed by atoms with E-state index in [1.165, 1.54) is 5.56 Å². The van der Waals surface area contributed by atoms with Crippen LogP contribution in [0.1, 0.15) is 11.1 Å². The predicted octanol–water partition coefficient (Wildman–Crippen LogP) is 1.78. The van der Waals surface area contributed by atoms with Crippen LogP contribution in [-0.4, -0.2) is 14.2 Å². The Hall–Kier alpha value is -1.64. The standard InChI is InChI=1S/C11H13NO2/c1-13-10-4-3-8-7-12-6-5-9(8)11(10)14-2/h3-6,12H,7H2,1-2H3. The zero-order valence-corrected chi connectivity index (χ0v) is 8.33. The van der Waals surface area contributed by atoms with Gasteiger partial charge in [-0.2, -0.15) is 0 Å². The molecule has 0 spiro atoms. The zero-order chi connectivity index (χ0) is 9.97. The Morgan fingerprint density at radius 2 is 2.07 bits per heavy atom. The second kappa shape index (κ2) is 3.62. The smallest absolute Gasteiger partial charge is 0.168 e. The fourth-order valence-electron chi connectivity index (χ4n) is 1.64. The third kappa shape index (κ3) is 1.31. The minimum absolute atomic E-state index is 0.776. The van der Waals surface area contributed by atoms with Gasteiger partial charge in [0.2, 0.25) is 0 Å². The van der Waals surface area contributed by atoms with Gasteiger partial charge < -0.3 is 14.8 Å². The van der Waals surface area contributed by atoms with Crippen molar-refractivity contribution in [1.29, 1.82) is 0 Å². The molecule has 0 saturated carbocycles. The van der Waals surface area contributed by atoms with Gasteiger partial charge in [0.05, 0.1) is 14.2 Å². The third-order valence-electron chi connectivity index (χ3n) is 2.33. The van der Waals surface area contributed by atoms with E-state index >= 15 is 0 Å². The Bertz CT molecular complexity index is 372. The molecule has 1 N–H and O–H groups in total. The highest BCUT2D eigenvalue weighted by Crippen LogP contribution is 2.35. The summed E-state index contributed by atoms with van der Waals surface area (Å²) in [6.45, 7) is 0.839. The molecule has 0 amide bonds. The molecule has 1 aliphatic rings. The van der Waals surface area contributed by atoms with Gasteiger partial charge in [0.1, 0.15) is 0 Å². The Kier molecular flexibility index (Phi) is 2.31. The summed E-state index contributed by atoms with van der Waals surface area (Å²) in [5.41, 5.74) is 2.33. The molecule has 1 aliphatic heterocycles. The lowest BCUT2D eigenvalue weighted by molar-refractivity contribution is 0.353. The number of fused-ring (bicyclic) bond motifs is 1. The Labute approximate surface area is 83.3 Å². The van der Waals surface area contributed by atoms with E-state index in [2.05, 4.69) is 5.32 Å². The van der Waals surface area contributed by atoms with Gasteiger partial charge in [0.15, 0.2) is 11.5 Å². The minimum Gasteiger partial charge on any atom is -0.493 e. The lowest BCUT2D eigenvalue weighted by atomic mass is 10.0. The van der Waals surface area contributed by atoms with Crippen molar-refractivity contribution in [3.05, 3.63) is 29.5 Å². The molecule has 1 aromatic rings. The molecule has 14 heavy (non-hydrogen) atoms. The topological polar surface area (TPSA) is 30.5 Å². The molecule has 0 radical (unpaired) electrons. The first kappa shape index (κ1) is 8.94. The number of hydrogen-bond donors (Lipinski definition) is 1. The highest BCUT2D eigenvalue weighted by atomic mass is 16.5. The third-order valence-corrected chi connectivity index (χ3v) is 2.33. The number of ether oxygens (including phenoxy) is 2. The summed E-state index contributed by atoms with van der Waals surface area (Å²) in [4.78, 5) is 0. The molecule has 0 fully saturated rings. The maximum atomic E-state index is 5.33. The van der Waals surface area contributed by atoms with Crippen molar-refractivity contribution in [3.8, 4) is 11.5 Å². The van der Waals surface area contributed by atoms with Gasteiger partial charge in [0.25, 0.3) is 0 Å². The first-order valence-electron chi connectivity index (χ1n) is 4.50. The monoisotopic (exact) mass is 191 g/mol. The van der Waals surface area contributed by atoms with Crippen LogP contribution in [0, 0.1) is 0 Å². The van der Waals surface area contributed by atoms with Crippen LogP contribution in [0.4, 0.5) is 0 Å². The van der Waals surface area contributed by atoms with Crippen LogP contribution >= 0.6 is 0 Å². The van der Waals surface area contributed by atoms with E-state index in [0.29, 0.717) is 0 Å². The van der Waals surface area contributed by atoms with E-state index in [1.54, 1.807) is 14.2 Å². The van der Waals surface area contributed by atoms with Crippen molar-refractivity contribution >= 4 is 6.08 Å². The summed E-state index contributed by atoms with van der Waals surface area (Å²) >= 11 is 0. The minimum atomic E-state index is 0.776. The van der Waals surface area contributed by atoms with Crippen LogP contribution in [0.5, 0.6) is 11.5 Å². The van der Waals surface area contributed by atoms with Gasteiger partial charge in [-0.3, -0.25) is 0 Å². The van der Waals surface area contributed by atoms with E-state index in [9.17, 15) is 0 Å². The van der Waals surface area contributed by atoms with Crippen molar-refractivity contribution < 1.29 is 9.47 Å². The molecule has 3 nitrogen and oxygen atoms in total. The van der Waals surface area contributed by atoms with Crippen molar-refractivity contribution in [2.75, 3.05) is 14.2 Å². The first-order valence-corrected chi connectivity index (χ1v) is 4.50. The van der Waals surface area contributed by atoms with Crippen LogP contribution in [0.2, 0.25) is 0 Å². The van der Waals surface area contributed by atoms with Gasteiger partial charge in [-0.05, 0) is 23.9 Å². The molecule has 74 valence electrons. The molecule has 0 atom stereocenters. The largest absolute Gasteiger partial charge is 0.493 e. The van der Waals surface area contributed by atoms with E-state index in [0.717, 1.165) is 23.6 Å². The molecule has 0 saturated heterocycles. The second-order valence-corrected chi connectivity index (χ2v) is 3.09. The molecular weight excluding hydrogens is 178 g/mol. The summed E-state index contributed by atoms with van der Waals surface area (Å²) in [6.07, 6.45) is 3.92. The fourth-order valence-corrected chi connectivity index (χ4v) is 1.64. The number of nitrogens with one attached hydrogen (secondary N) is 1. The SMILES string of the molecule is COc1ccc2c(c1OC)C=CNC2. The highest BCUT2D eigenvalue weighted by molar-refractivity contribution is 5.67. The van der Waals surface area contributed by atoms with Crippen molar-refractivity contribution in [2.24, 2.45) is 0 Å². The van der Waals surface area contributed by atoms with E-state index in [1.807, 2.05) is 24.4 Å². The predicted molar refractivity (Wildman–Crippen MR) is 55.4 cm³/mol. The van der Waals surface area contributed by atoms with E-state index in [-0.39, 0.29) is 0 Å². The quantitative estimate of drug-likeness (QED) is 0.773. The number of hydrogen-bond acceptors (Lipinski definition) is 3. The summed E-state index contributed by atoms with van der Waals surface area (Å²) in [5, 5.41) is 3.15. The molecular formula is C11H13NO2. The van der Waals surface area contributed by atoms with Gasteiger partial charge in [0, 0.05) is 12.1 Å². The lowest BCUT2D eigenvalue weighted by Gasteiger charge is -2.17. The molecule has 0 unspecified atom stereocenters. The van der Waals surface area contributed by atoms with Crippen molar-refractivity contribution in [1.82, 2.24) is 5.32 Å². The highest BCUT2D eigenvalue weighted by Gasteiger charge is 2.13. The summed E-state index contributed by atoms with van der Waals surface area (Å²) in [6, 6.07) is 3.98. The normalized spacial score (nSPS) is 13.0. The maximum Gasteiger partial charge on any atom is 0.168 e. The van der Waals surface area contributed by atoms with Crippen LogP contribution < -0.4 is 14.8 Å². The molecule has 0 bridgehead atoms. The molecule has 0 aromatic heterocycles. The van der Waals surface area contributed by atoms with Gasteiger partial charge in [-0.25, -0.2) is 0 Å². The molecule has 1 aromatic carbocycles. The maximum absolute atomic E-state index is 5.33. The Morgan fingerprint density at radius 3 is 2.79 bits per heavy atom. The molecule has 2 rings (SSSR count). The van der Waals surface area contributed by atoms with Crippen molar-refractivity contribution in [3.63, 3.8) is 0 Å². The number of methoxy groups -OCH3 is 2. The first-order chi connectivity index (χ1) is 6.86. The van der Waals surface area contributed by atoms with Crippen LogP contribution in [-0.2, 0) is 6.54 Å². The van der Waals surface area contributed by atoms with Gasteiger partial charge in [-0.15, -0.1) is 0 Å². The van der Waals surface area contributed by atoms with Crippen LogP contribution in [0.3, 0.4) is 0 Å². The van der Waals surface area contributed by atoms with Gasteiger partial charge in [-0.1, -0.05) is 6.07 Å². The van der Waals surface area contributed by atoms with Crippen LogP contribution in [0.15, 0.2) is 18.3 Å². The number of benzene rings is 1. The summed E-state index contributed by atoms with van der Waals surface area (Å²) in [7, 11) is 3.31. The molecule has 3 heteroatoms. The summed E-state index contributed by atoms with van der Waals surface area (Å²) in [5.74, 6) is 1.58. The Balaban J connectivity index is 2.57. The summed E-state index contributed by atoms with van der Waals surface area (Å²) < 4.78 is 10.6.